The molecule has 4 heteroatoms. The van der Waals surface area contributed by atoms with Gasteiger partial charge in [0.1, 0.15) is 5.82 Å². The molecular formula is C13H16FN3. The van der Waals surface area contributed by atoms with Gasteiger partial charge in [0.25, 0.3) is 0 Å². The Balaban J connectivity index is 1.95. The number of nitrogens with two attached hydrogens (primary N) is 1. The molecule has 0 fully saturated rings. The van der Waals surface area contributed by atoms with Gasteiger partial charge in [0.15, 0.2) is 0 Å². The third-order valence-electron chi connectivity index (χ3n) is 2.68. The normalized spacial score (nSPS) is 10.7. The first-order valence-corrected chi connectivity index (χ1v) is 5.73. The van der Waals surface area contributed by atoms with Crippen LogP contribution in [0.25, 0.3) is 0 Å². The highest BCUT2D eigenvalue weighted by Crippen LogP contribution is 2.08. The zero-order valence-electron chi connectivity index (χ0n) is 9.64. The van der Waals surface area contributed by atoms with Crippen molar-refractivity contribution in [1.82, 2.24) is 9.55 Å². The fourth-order valence-corrected chi connectivity index (χ4v) is 1.76. The number of nitrogens with zero attached hydrogens (tertiary/aromatic N) is 2. The second-order valence-electron chi connectivity index (χ2n) is 3.98. The second kappa shape index (κ2) is 5.59. The predicted octanol–water partition coefficient (Wildman–Crippen LogP) is 1.77. The molecule has 0 bridgehead atoms. The molecule has 1 aromatic heterocycles. The molecule has 17 heavy (non-hydrogen) atoms. The van der Waals surface area contributed by atoms with Gasteiger partial charge in [0.05, 0.1) is 12.0 Å². The summed E-state index contributed by atoms with van der Waals surface area (Å²) in [5.74, 6) is -0.144. The molecule has 2 rings (SSSR count). The molecule has 90 valence electrons. The summed E-state index contributed by atoms with van der Waals surface area (Å²) in [7, 11) is 0. The average Bonchev–Trinajstić information content (AvgIpc) is 2.76. The lowest BCUT2D eigenvalue weighted by Gasteiger charge is -2.03. The topological polar surface area (TPSA) is 43.8 Å². The van der Waals surface area contributed by atoms with Crippen LogP contribution in [0.5, 0.6) is 0 Å². The van der Waals surface area contributed by atoms with Crippen molar-refractivity contribution in [2.75, 3.05) is 6.54 Å². The van der Waals surface area contributed by atoms with E-state index in [9.17, 15) is 4.39 Å². The predicted molar refractivity (Wildman–Crippen MR) is 65.1 cm³/mol. The largest absolute Gasteiger partial charge is 0.337 e. The maximum Gasteiger partial charge on any atom is 0.126 e. The van der Waals surface area contributed by atoms with Gasteiger partial charge in [-0.2, -0.15) is 0 Å². The van der Waals surface area contributed by atoms with Crippen molar-refractivity contribution >= 4 is 0 Å². The zero-order valence-corrected chi connectivity index (χ0v) is 9.64. The number of benzene rings is 1. The molecule has 1 aromatic carbocycles. The summed E-state index contributed by atoms with van der Waals surface area (Å²) in [6.07, 6.45) is 5.19. The Kier molecular flexibility index (Phi) is 3.88. The summed E-state index contributed by atoms with van der Waals surface area (Å²) in [6.45, 7) is 1.34. The van der Waals surface area contributed by atoms with Gasteiger partial charge in [-0.3, -0.25) is 0 Å². The van der Waals surface area contributed by atoms with Crippen molar-refractivity contribution in [2.24, 2.45) is 5.73 Å². The Morgan fingerprint density at radius 3 is 2.82 bits per heavy atom. The van der Waals surface area contributed by atoms with Crippen LogP contribution >= 0.6 is 0 Å². The van der Waals surface area contributed by atoms with E-state index < -0.39 is 0 Å². The molecular weight excluding hydrogens is 217 g/mol. The Morgan fingerprint density at radius 1 is 1.24 bits per heavy atom. The molecule has 1 heterocycles. The van der Waals surface area contributed by atoms with Gasteiger partial charge < -0.3 is 10.3 Å². The number of aryl methyl sites for hydroxylation is 2. The molecule has 0 atom stereocenters. The first-order valence-electron chi connectivity index (χ1n) is 5.73. The fourth-order valence-electron chi connectivity index (χ4n) is 1.76. The Labute approximate surface area is 100 Å². The van der Waals surface area contributed by atoms with Gasteiger partial charge in [-0.15, -0.1) is 0 Å². The Bertz CT molecular complexity index is 479. The molecule has 0 saturated heterocycles. The molecule has 0 aliphatic heterocycles. The zero-order chi connectivity index (χ0) is 12.1. The summed E-state index contributed by atoms with van der Waals surface area (Å²) in [5.41, 5.74) is 7.18. The van der Waals surface area contributed by atoms with Crippen molar-refractivity contribution in [2.45, 2.75) is 19.4 Å². The van der Waals surface area contributed by atoms with Crippen molar-refractivity contribution in [3.05, 3.63) is 53.9 Å². The lowest BCUT2D eigenvalue weighted by Crippen LogP contribution is -2.03. The molecule has 2 aromatic rings. The van der Waals surface area contributed by atoms with E-state index in [0.717, 1.165) is 24.2 Å². The first-order chi connectivity index (χ1) is 8.29. The van der Waals surface area contributed by atoms with E-state index in [4.69, 9.17) is 5.73 Å². The van der Waals surface area contributed by atoms with E-state index in [1.807, 2.05) is 22.9 Å². The summed E-state index contributed by atoms with van der Waals surface area (Å²) in [4.78, 5) is 4.23. The van der Waals surface area contributed by atoms with E-state index in [1.54, 1.807) is 12.4 Å². The van der Waals surface area contributed by atoms with Crippen molar-refractivity contribution in [1.29, 1.82) is 0 Å². The van der Waals surface area contributed by atoms with Crippen LogP contribution in [0.2, 0.25) is 0 Å². The summed E-state index contributed by atoms with van der Waals surface area (Å²) < 4.78 is 15.3. The maximum absolute atomic E-state index is 13.4. The van der Waals surface area contributed by atoms with E-state index in [1.165, 1.54) is 6.07 Å². The van der Waals surface area contributed by atoms with Crippen LogP contribution in [-0.4, -0.2) is 16.1 Å². The van der Waals surface area contributed by atoms with Crippen LogP contribution in [-0.2, 0) is 19.4 Å². The van der Waals surface area contributed by atoms with Crippen LogP contribution in [0.3, 0.4) is 0 Å². The Morgan fingerprint density at radius 2 is 2.06 bits per heavy atom. The summed E-state index contributed by atoms with van der Waals surface area (Å²) in [6, 6.07) is 6.86. The molecule has 0 aliphatic rings. The first kappa shape index (κ1) is 11.8. The van der Waals surface area contributed by atoms with Gasteiger partial charge in [-0.05, 0) is 24.6 Å². The highest BCUT2D eigenvalue weighted by Gasteiger charge is 2.02. The number of rotatable bonds is 5. The number of hydrogen-bond acceptors (Lipinski definition) is 2. The van der Waals surface area contributed by atoms with Crippen LogP contribution in [0.1, 0.15) is 11.3 Å². The lowest BCUT2D eigenvalue weighted by atomic mass is 10.1. The minimum Gasteiger partial charge on any atom is -0.337 e. The summed E-state index contributed by atoms with van der Waals surface area (Å²) in [5, 5.41) is 0. The standard InChI is InChI=1S/C13H16FN3/c14-13-4-2-1-3-11(13)6-8-17-9-12(5-7-15)16-10-17/h1-4,9-10H,5-8,15H2. The molecule has 2 N–H and O–H groups in total. The lowest BCUT2D eigenvalue weighted by molar-refractivity contribution is 0.593. The minimum absolute atomic E-state index is 0.144. The van der Waals surface area contributed by atoms with Crippen LogP contribution in [0.4, 0.5) is 4.39 Å². The van der Waals surface area contributed by atoms with Gasteiger partial charge in [-0.25, -0.2) is 9.37 Å². The monoisotopic (exact) mass is 233 g/mol. The van der Waals surface area contributed by atoms with Crippen molar-refractivity contribution in [3.8, 4) is 0 Å². The van der Waals surface area contributed by atoms with E-state index in [0.29, 0.717) is 13.0 Å². The number of aromatic nitrogens is 2. The van der Waals surface area contributed by atoms with Crippen molar-refractivity contribution in [3.63, 3.8) is 0 Å². The van der Waals surface area contributed by atoms with Crippen LogP contribution in [0.15, 0.2) is 36.8 Å². The van der Waals surface area contributed by atoms with Gasteiger partial charge in [-0.1, -0.05) is 18.2 Å². The smallest absolute Gasteiger partial charge is 0.126 e. The fraction of sp³-hybridized carbons (Fsp3) is 0.308. The van der Waals surface area contributed by atoms with E-state index in [2.05, 4.69) is 4.98 Å². The average molecular weight is 233 g/mol. The molecule has 0 radical (unpaired) electrons. The highest BCUT2D eigenvalue weighted by atomic mass is 19.1. The van der Waals surface area contributed by atoms with Gasteiger partial charge in [0.2, 0.25) is 0 Å². The Hall–Kier alpha value is -1.68. The molecule has 0 aliphatic carbocycles. The highest BCUT2D eigenvalue weighted by molar-refractivity contribution is 5.17. The molecule has 0 amide bonds. The minimum atomic E-state index is -0.144. The summed E-state index contributed by atoms with van der Waals surface area (Å²) >= 11 is 0. The number of halogens is 1. The second-order valence-corrected chi connectivity index (χ2v) is 3.98. The molecule has 0 saturated carbocycles. The third kappa shape index (κ3) is 3.14. The van der Waals surface area contributed by atoms with Crippen molar-refractivity contribution < 1.29 is 4.39 Å². The van der Waals surface area contributed by atoms with E-state index >= 15 is 0 Å². The third-order valence-corrected chi connectivity index (χ3v) is 2.68. The maximum atomic E-state index is 13.4. The van der Waals surface area contributed by atoms with Crippen LogP contribution in [0, 0.1) is 5.82 Å². The number of imidazole rings is 1. The number of hydrogen-bond donors (Lipinski definition) is 1. The molecule has 3 nitrogen and oxygen atoms in total. The quantitative estimate of drug-likeness (QED) is 0.855. The van der Waals surface area contributed by atoms with Gasteiger partial charge in [0, 0.05) is 19.2 Å². The van der Waals surface area contributed by atoms with Crippen LogP contribution < -0.4 is 5.73 Å². The SMILES string of the molecule is NCCc1cn(CCc2ccccc2F)cn1. The molecule has 0 unspecified atom stereocenters. The van der Waals surface area contributed by atoms with E-state index in [-0.39, 0.29) is 5.82 Å². The van der Waals surface area contributed by atoms with Gasteiger partial charge >= 0.3 is 0 Å². The molecule has 0 spiro atoms.